The van der Waals surface area contributed by atoms with Crippen molar-refractivity contribution in [2.75, 3.05) is 11.4 Å². The number of carbonyl (C=O) groups is 1. The standard InChI is InChI=1S/C20H22F2NO.Ti/c1-20(2,3)19(24)23(18-12-11-16(21)14-17(18)22)13-7-10-15-8-5-4-6-9-15;/h4-6,8-9,11-12H,7,10,13H2,1-3H3;/q-1;. The average molecular weight is 378 g/mol. The molecule has 0 aliphatic rings. The number of hydrogen-bond acceptors (Lipinski definition) is 1. The van der Waals surface area contributed by atoms with Gasteiger partial charge in [0.1, 0.15) is 0 Å². The Morgan fingerprint density at radius 1 is 1.08 bits per heavy atom. The van der Waals surface area contributed by atoms with Gasteiger partial charge in [-0.25, -0.2) is 8.78 Å². The monoisotopic (exact) mass is 378 g/mol. The van der Waals surface area contributed by atoms with Crippen LogP contribution in [0.15, 0.2) is 42.5 Å². The van der Waals surface area contributed by atoms with Gasteiger partial charge in [-0.2, -0.15) is 0 Å². The van der Waals surface area contributed by atoms with Crippen LogP contribution in [0.4, 0.5) is 14.5 Å². The van der Waals surface area contributed by atoms with E-state index in [1.165, 1.54) is 11.0 Å². The number of halogens is 2. The number of amides is 1. The molecule has 0 unspecified atom stereocenters. The van der Waals surface area contributed by atoms with Crippen molar-refractivity contribution in [2.24, 2.45) is 5.41 Å². The Bertz CT molecular complexity index is 699. The Kier molecular flexibility index (Phi) is 7.97. The minimum absolute atomic E-state index is 0. The zero-order valence-corrected chi connectivity index (χ0v) is 16.3. The molecule has 0 fully saturated rings. The first kappa shape index (κ1) is 21.5. The van der Waals surface area contributed by atoms with E-state index in [0.29, 0.717) is 13.0 Å². The van der Waals surface area contributed by atoms with Crippen LogP contribution in [0.5, 0.6) is 0 Å². The van der Waals surface area contributed by atoms with Gasteiger partial charge in [0.25, 0.3) is 0 Å². The fourth-order valence-corrected chi connectivity index (χ4v) is 2.47. The van der Waals surface area contributed by atoms with Gasteiger partial charge in [0.05, 0.1) is 0 Å². The van der Waals surface area contributed by atoms with Gasteiger partial charge in [0.2, 0.25) is 5.91 Å². The van der Waals surface area contributed by atoms with Crippen molar-refractivity contribution >= 4 is 11.6 Å². The molecule has 0 N–H and O–H groups in total. The molecule has 2 rings (SSSR count). The molecule has 0 atom stereocenters. The van der Waals surface area contributed by atoms with Gasteiger partial charge < -0.3 is 4.90 Å². The van der Waals surface area contributed by atoms with Crippen LogP contribution in [0, 0.1) is 23.1 Å². The summed E-state index contributed by atoms with van der Waals surface area (Å²) in [6.45, 7) is 5.71. The zero-order valence-electron chi connectivity index (χ0n) is 14.8. The van der Waals surface area contributed by atoms with E-state index in [9.17, 15) is 13.6 Å². The first-order chi connectivity index (χ1) is 11.3. The van der Waals surface area contributed by atoms with Crippen LogP contribution < -0.4 is 4.90 Å². The van der Waals surface area contributed by atoms with Crippen molar-refractivity contribution in [2.45, 2.75) is 33.6 Å². The number of anilines is 1. The smallest absolute Gasteiger partial charge is 0.221 e. The molecule has 0 saturated carbocycles. The van der Waals surface area contributed by atoms with Gasteiger partial charge >= 0.3 is 0 Å². The summed E-state index contributed by atoms with van der Waals surface area (Å²) < 4.78 is 27.2. The van der Waals surface area contributed by atoms with Gasteiger partial charge in [-0.3, -0.25) is 4.79 Å². The summed E-state index contributed by atoms with van der Waals surface area (Å²) in [5, 5.41) is 0. The van der Waals surface area contributed by atoms with Crippen LogP contribution in [-0.2, 0) is 32.9 Å². The molecule has 0 radical (unpaired) electrons. The minimum atomic E-state index is -0.840. The number of carbonyl (C=O) groups excluding carboxylic acids is 1. The topological polar surface area (TPSA) is 20.3 Å². The van der Waals surface area contributed by atoms with Crippen molar-refractivity contribution < 1.29 is 35.3 Å². The fourth-order valence-electron chi connectivity index (χ4n) is 2.47. The maximum absolute atomic E-state index is 14.1. The summed E-state index contributed by atoms with van der Waals surface area (Å²) in [5.41, 5.74) is 0.573. The van der Waals surface area contributed by atoms with Crippen molar-refractivity contribution in [3.8, 4) is 0 Å². The Balaban J connectivity index is 0.00000312. The number of nitrogens with zero attached hydrogens (tertiary/aromatic N) is 1. The van der Waals surface area contributed by atoms with E-state index in [-0.39, 0.29) is 33.3 Å². The van der Waals surface area contributed by atoms with Crippen molar-refractivity contribution in [3.05, 3.63) is 65.7 Å². The van der Waals surface area contributed by atoms with Crippen molar-refractivity contribution in [1.82, 2.24) is 0 Å². The third-order valence-electron chi connectivity index (χ3n) is 3.71. The molecule has 0 saturated heterocycles. The minimum Gasteiger partial charge on any atom is -0.363 e. The molecular formula is C20H22F2NOTi-. The predicted octanol–water partition coefficient (Wildman–Crippen LogP) is 4.77. The summed E-state index contributed by atoms with van der Waals surface area (Å²) in [4.78, 5) is 14.1. The van der Waals surface area contributed by atoms with E-state index in [4.69, 9.17) is 0 Å². The molecule has 0 aromatic heterocycles. The Morgan fingerprint density at radius 3 is 2.28 bits per heavy atom. The van der Waals surface area contributed by atoms with Crippen molar-refractivity contribution in [1.29, 1.82) is 0 Å². The summed E-state index contributed by atoms with van der Waals surface area (Å²) >= 11 is 0. The molecule has 2 nitrogen and oxygen atoms in total. The average Bonchev–Trinajstić information content (AvgIpc) is 2.52. The normalized spacial score (nSPS) is 10.9. The third kappa shape index (κ3) is 6.05. The summed E-state index contributed by atoms with van der Waals surface area (Å²) in [7, 11) is 0. The second-order valence-corrected chi connectivity index (χ2v) is 6.80. The molecule has 25 heavy (non-hydrogen) atoms. The molecule has 0 spiro atoms. The summed E-state index contributed by atoms with van der Waals surface area (Å²) in [6, 6.07) is 14.3. The van der Waals surface area contributed by atoms with E-state index >= 15 is 0 Å². The maximum atomic E-state index is 14.1. The Morgan fingerprint density at radius 2 is 1.72 bits per heavy atom. The molecular weight excluding hydrogens is 356 g/mol. The fraction of sp³-hybridized carbons (Fsp3) is 0.350. The van der Waals surface area contributed by atoms with E-state index in [1.807, 2.05) is 36.4 Å². The molecule has 2 aromatic rings. The molecule has 1 amide bonds. The Labute approximate surface area is 163 Å². The van der Waals surface area contributed by atoms with Crippen LogP contribution in [0.25, 0.3) is 0 Å². The van der Waals surface area contributed by atoms with Crippen LogP contribution >= 0.6 is 0 Å². The second kappa shape index (κ2) is 9.26. The van der Waals surface area contributed by atoms with Gasteiger partial charge in [-0.15, -0.1) is 18.2 Å². The molecule has 0 aliphatic carbocycles. The summed E-state index contributed by atoms with van der Waals surface area (Å²) in [6.07, 6.45) is 1.46. The zero-order chi connectivity index (χ0) is 17.7. The van der Waals surface area contributed by atoms with Gasteiger partial charge in [-0.1, -0.05) is 51.1 Å². The summed E-state index contributed by atoms with van der Waals surface area (Å²) in [5.74, 6) is -1.81. The molecule has 2 aromatic carbocycles. The maximum Gasteiger partial charge on any atom is 0.221 e. The number of benzene rings is 2. The van der Waals surface area contributed by atoms with Crippen molar-refractivity contribution in [3.63, 3.8) is 0 Å². The number of rotatable bonds is 5. The number of aryl methyl sites for hydroxylation is 1. The van der Waals surface area contributed by atoms with Crippen LogP contribution in [0.2, 0.25) is 0 Å². The molecule has 0 heterocycles. The SMILES string of the molecule is CC(C)(C)C(=O)N(CCCc1ccccc1)c1ccc(F)[c-]c1F.[Ti]. The van der Waals surface area contributed by atoms with Gasteiger partial charge in [0, 0.05) is 45.3 Å². The third-order valence-corrected chi connectivity index (χ3v) is 3.71. The van der Waals surface area contributed by atoms with E-state index in [1.54, 1.807) is 20.8 Å². The Hall–Kier alpha value is -1.52. The molecule has 132 valence electrons. The van der Waals surface area contributed by atoms with Gasteiger partial charge in [-0.05, 0) is 24.1 Å². The second-order valence-electron chi connectivity index (χ2n) is 6.80. The molecule has 0 aliphatic heterocycles. The first-order valence-electron chi connectivity index (χ1n) is 8.02. The van der Waals surface area contributed by atoms with Crippen LogP contribution in [-0.4, -0.2) is 12.5 Å². The van der Waals surface area contributed by atoms with E-state index in [2.05, 4.69) is 0 Å². The van der Waals surface area contributed by atoms with E-state index < -0.39 is 17.0 Å². The molecule has 0 bridgehead atoms. The first-order valence-corrected chi connectivity index (χ1v) is 8.02. The van der Waals surface area contributed by atoms with Crippen LogP contribution in [0.1, 0.15) is 32.8 Å². The van der Waals surface area contributed by atoms with Crippen LogP contribution in [0.3, 0.4) is 0 Å². The molecule has 5 heteroatoms. The van der Waals surface area contributed by atoms with Gasteiger partial charge in [0.15, 0.2) is 0 Å². The number of hydrogen-bond donors (Lipinski definition) is 0. The predicted molar refractivity (Wildman–Crippen MR) is 91.8 cm³/mol. The largest absolute Gasteiger partial charge is 0.363 e. The quantitative estimate of drug-likeness (QED) is 0.542. The van der Waals surface area contributed by atoms with E-state index in [0.717, 1.165) is 18.1 Å².